The average molecular weight is 186 g/mol. The van der Waals surface area contributed by atoms with E-state index in [0.717, 1.165) is 0 Å². The molecule has 0 aliphatic carbocycles. The summed E-state index contributed by atoms with van der Waals surface area (Å²) in [5, 5.41) is 0. The molecule has 0 aromatic rings. The maximum absolute atomic E-state index is 11.2. The van der Waals surface area contributed by atoms with Crippen LogP contribution in [0.15, 0.2) is 12.2 Å². The number of carbonyl (C=O) groups excluding carboxylic acids is 1. The van der Waals surface area contributed by atoms with Crippen molar-refractivity contribution in [2.75, 3.05) is 6.54 Å². The molecule has 0 aromatic heterocycles. The Hall–Kier alpha value is -0.870. The predicted molar refractivity (Wildman–Crippen MR) is 52.0 cm³/mol. The van der Waals surface area contributed by atoms with Gasteiger partial charge in [0, 0.05) is 6.54 Å². The summed E-state index contributed by atoms with van der Waals surface area (Å²) in [5.74, 6) is -0.433. The third-order valence-electron chi connectivity index (χ3n) is 1.16. The van der Waals surface area contributed by atoms with Gasteiger partial charge in [-0.3, -0.25) is 0 Å². The molecule has 4 N–H and O–H groups in total. The quantitative estimate of drug-likeness (QED) is 0.486. The Kier molecular flexibility index (Phi) is 4.66. The van der Waals surface area contributed by atoms with Gasteiger partial charge in [0.05, 0.1) is 0 Å². The van der Waals surface area contributed by atoms with Crippen LogP contribution in [0.4, 0.5) is 0 Å². The molecule has 1 atom stereocenters. The van der Waals surface area contributed by atoms with Gasteiger partial charge in [-0.1, -0.05) is 12.2 Å². The minimum Gasteiger partial charge on any atom is -0.459 e. The van der Waals surface area contributed by atoms with Crippen LogP contribution in [0.1, 0.15) is 20.8 Å². The molecule has 0 spiro atoms. The van der Waals surface area contributed by atoms with Crippen molar-refractivity contribution in [2.24, 2.45) is 11.5 Å². The second kappa shape index (κ2) is 4.99. The zero-order valence-corrected chi connectivity index (χ0v) is 8.41. The maximum Gasteiger partial charge on any atom is 0.327 e. The van der Waals surface area contributed by atoms with Crippen LogP contribution in [0.25, 0.3) is 0 Å². The second-order valence-corrected chi connectivity index (χ2v) is 3.72. The predicted octanol–water partition coefficient (Wildman–Crippen LogP) is 0.170. The van der Waals surface area contributed by atoms with E-state index < -0.39 is 17.6 Å². The first-order valence-corrected chi connectivity index (χ1v) is 4.22. The number of carbonyl (C=O) groups is 1. The molecule has 0 saturated heterocycles. The molecule has 0 radical (unpaired) electrons. The van der Waals surface area contributed by atoms with Gasteiger partial charge in [-0.05, 0) is 20.8 Å². The van der Waals surface area contributed by atoms with Crippen LogP contribution >= 0.6 is 0 Å². The fraction of sp³-hybridized carbons (Fsp3) is 0.667. The fourth-order valence-electron chi connectivity index (χ4n) is 0.674. The van der Waals surface area contributed by atoms with Crippen molar-refractivity contribution < 1.29 is 9.53 Å². The normalized spacial score (nSPS) is 14.5. The second-order valence-electron chi connectivity index (χ2n) is 3.72. The van der Waals surface area contributed by atoms with Gasteiger partial charge in [0.15, 0.2) is 0 Å². The van der Waals surface area contributed by atoms with Crippen LogP contribution < -0.4 is 11.5 Å². The third-order valence-corrected chi connectivity index (χ3v) is 1.16. The van der Waals surface area contributed by atoms with Crippen molar-refractivity contribution in [3.8, 4) is 0 Å². The van der Waals surface area contributed by atoms with Crippen LogP contribution in [0.5, 0.6) is 0 Å². The number of nitrogens with two attached hydrogens (primary N) is 2. The highest BCUT2D eigenvalue weighted by atomic mass is 16.6. The number of hydrogen-bond acceptors (Lipinski definition) is 4. The maximum atomic E-state index is 11.2. The summed E-state index contributed by atoms with van der Waals surface area (Å²) in [5.41, 5.74) is 10.2. The smallest absolute Gasteiger partial charge is 0.327 e. The van der Waals surface area contributed by atoms with Crippen LogP contribution in [0.3, 0.4) is 0 Å². The summed E-state index contributed by atoms with van der Waals surface area (Å²) in [6.45, 7) is 5.76. The van der Waals surface area contributed by atoms with Gasteiger partial charge in [0.2, 0.25) is 0 Å². The highest BCUT2D eigenvalue weighted by Gasteiger charge is 2.19. The Morgan fingerprint density at radius 3 is 2.46 bits per heavy atom. The fourth-order valence-corrected chi connectivity index (χ4v) is 0.674. The van der Waals surface area contributed by atoms with Crippen molar-refractivity contribution in [3.05, 3.63) is 12.2 Å². The lowest BCUT2D eigenvalue weighted by Gasteiger charge is -2.20. The van der Waals surface area contributed by atoms with Gasteiger partial charge in [0.1, 0.15) is 11.6 Å². The topological polar surface area (TPSA) is 78.3 Å². The molecule has 13 heavy (non-hydrogen) atoms. The van der Waals surface area contributed by atoms with Gasteiger partial charge in [0.25, 0.3) is 0 Å². The van der Waals surface area contributed by atoms with Gasteiger partial charge in [-0.15, -0.1) is 0 Å². The number of rotatable bonds is 3. The van der Waals surface area contributed by atoms with Crippen LogP contribution in [-0.2, 0) is 9.53 Å². The average Bonchev–Trinajstić information content (AvgIpc) is 1.96. The minimum atomic E-state index is -0.720. The van der Waals surface area contributed by atoms with E-state index >= 15 is 0 Å². The van der Waals surface area contributed by atoms with E-state index in [1.807, 2.05) is 0 Å². The van der Waals surface area contributed by atoms with Crippen molar-refractivity contribution in [1.82, 2.24) is 0 Å². The summed E-state index contributed by atoms with van der Waals surface area (Å²) >= 11 is 0. The monoisotopic (exact) mass is 186 g/mol. The van der Waals surface area contributed by atoms with E-state index in [9.17, 15) is 4.79 Å². The Morgan fingerprint density at radius 2 is 2.08 bits per heavy atom. The lowest BCUT2D eigenvalue weighted by Crippen LogP contribution is -2.36. The Bertz CT molecular complexity index is 194. The molecule has 76 valence electrons. The third kappa shape index (κ3) is 6.31. The molecule has 0 saturated carbocycles. The highest BCUT2D eigenvalue weighted by molar-refractivity contribution is 5.78. The van der Waals surface area contributed by atoms with E-state index in [1.54, 1.807) is 26.8 Å². The molecule has 1 unspecified atom stereocenters. The van der Waals surface area contributed by atoms with Crippen LogP contribution in [0.2, 0.25) is 0 Å². The van der Waals surface area contributed by atoms with Gasteiger partial charge in [-0.25, -0.2) is 4.79 Å². The van der Waals surface area contributed by atoms with Crippen LogP contribution in [0, 0.1) is 0 Å². The summed E-state index contributed by atoms with van der Waals surface area (Å²) < 4.78 is 5.04. The molecule has 0 rings (SSSR count). The zero-order valence-electron chi connectivity index (χ0n) is 8.41. The zero-order chi connectivity index (χ0) is 10.5. The summed E-state index contributed by atoms with van der Waals surface area (Å²) in [7, 11) is 0. The number of esters is 1. The van der Waals surface area contributed by atoms with E-state index in [4.69, 9.17) is 16.2 Å². The lowest BCUT2D eigenvalue weighted by atomic mass is 10.2. The SMILES string of the molecule is CC(C)(C)OC(=O)C(N)C=CCN. The first kappa shape index (κ1) is 12.1. The summed E-state index contributed by atoms with van der Waals surface area (Å²) in [4.78, 5) is 11.2. The van der Waals surface area contributed by atoms with Gasteiger partial charge >= 0.3 is 5.97 Å². The first-order chi connectivity index (χ1) is 5.87. The Labute approximate surface area is 78.9 Å². The molecule has 0 fully saturated rings. The lowest BCUT2D eigenvalue weighted by molar-refractivity contribution is -0.155. The number of hydrogen-bond donors (Lipinski definition) is 2. The highest BCUT2D eigenvalue weighted by Crippen LogP contribution is 2.07. The largest absolute Gasteiger partial charge is 0.459 e. The van der Waals surface area contributed by atoms with Gasteiger partial charge in [-0.2, -0.15) is 0 Å². The Balaban J connectivity index is 4.04. The van der Waals surface area contributed by atoms with E-state index in [0.29, 0.717) is 6.54 Å². The molecule has 0 bridgehead atoms. The standard InChI is InChI=1S/C9H18N2O2/c1-9(2,3)13-8(12)7(11)5-4-6-10/h4-5,7H,6,10-11H2,1-3H3. The molecule has 4 nitrogen and oxygen atoms in total. The van der Waals surface area contributed by atoms with E-state index in [-0.39, 0.29) is 0 Å². The van der Waals surface area contributed by atoms with Crippen molar-refractivity contribution in [1.29, 1.82) is 0 Å². The van der Waals surface area contributed by atoms with E-state index in [2.05, 4.69) is 0 Å². The number of ether oxygens (including phenoxy) is 1. The first-order valence-electron chi connectivity index (χ1n) is 4.22. The molecular weight excluding hydrogens is 168 g/mol. The van der Waals surface area contributed by atoms with Crippen molar-refractivity contribution in [3.63, 3.8) is 0 Å². The summed E-state index contributed by atoms with van der Waals surface area (Å²) in [6.07, 6.45) is 3.17. The molecule has 0 heterocycles. The minimum absolute atomic E-state index is 0.372. The molecular formula is C9H18N2O2. The Morgan fingerprint density at radius 1 is 1.54 bits per heavy atom. The van der Waals surface area contributed by atoms with Crippen LogP contribution in [-0.4, -0.2) is 24.2 Å². The van der Waals surface area contributed by atoms with Crippen molar-refractivity contribution in [2.45, 2.75) is 32.4 Å². The molecule has 0 aliphatic rings. The van der Waals surface area contributed by atoms with Gasteiger partial charge < -0.3 is 16.2 Å². The van der Waals surface area contributed by atoms with E-state index in [1.165, 1.54) is 6.08 Å². The molecule has 0 aromatic carbocycles. The molecule has 0 aliphatic heterocycles. The molecule has 0 amide bonds. The van der Waals surface area contributed by atoms with Crippen molar-refractivity contribution >= 4 is 5.97 Å². The summed E-state index contributed by atoms with van der Waals surface area (Å²) in [6, 6.07) is -0.720. The molecule has 4 heteroatoms.